The van der Waals surface area contributed by atoms with Gasteiger partial charge in [-0.2, -0.15) is 11.8 Å². The molecule has 1 fully saturated rings. The Balaban J connectivity index is 2.04. The highest BCUT2D eigenvalue weighted by molar-refractivity contribution is 8.00. The van der Waals surface area contributed by atoms with E-state index in [-0.39, 0.29) is 0 Å². The average molecular weight is 308 g/mol. The van der Waals surface area contributed by atoms with Gasteiger partial charge in [0.25, 0.3) is 0 Å². The Bertz CT molecular complexity index is 480. The summed E-state index contributed by atoms with van der Waals surface area (Å²) in [5.74, 6) is 0. The van der Waals surface area contributed by atoms with Crippen molar-refractivity contribution in [2.75, 3.05) is 26.0 Å². The Hall–Kier alpha value is -0.510. The van der Waals surface area contributed by atoms with Gasteiger partial charge in [0.05, 0.1) is 0 Å². The summed E-state index contributed by atoms with van der Waals surface area (Å²) in [6.45, 7) is 11.8. The van der Waals surface area contributed by atoms with Crippen molar-refractivity contribution in [3.63, 3.8) is 0 Å². The van der Waals surface area contributed by atoms with Crippen LogP contribution in [0.15, 0.2) is 12.1 Å². The summed E-state index contributed by atoms with van der Waals surface area (Å²) in [5.41, 5.74) is 5.59. The predicted octanol–water partition coefficient (Wildman–Crippen LogP) is 4.17. The molecule has 118 valence electrons. The first-order valence-corrected chi connectivity index (χ1v) is 9.14. The minimum Gasteiger partial charge on any atom is -0.381 e. The Morgan fingerprint density at radius 2 is 1.76 bits per heavy atom. The third-order valence-corrected chi connectivity index (χ3v) is 6.33. The average Bonchev–Trinajstić information content (AvgIpc) is 2.49. The van der Waals surface area contributed by atoms with Crippen LogP contribution >= 0.6 is 11.8 Å². The SMILES string of the molecule is CSC1(CNC(C)c2cc(C)c(C)cc2C)CCOCC1. The van der Waals surface area contributed by atoms with Crippen LogP contribution in [0.2, 0.25) is 0 Å². The third-order valence-electron chi connectivity index (χ3n) is 4.92. The van der Waals surface area contributed by atoms with Crippen molar-refractivity contribution < 1.29 is 4.74 Å². The second-order valence-electron chi connectivity index (χ2n) is 6.40. The van der Waals surface area contributed by atoms with Gasteiger partial charge in [0.1, 0.15) is 0 Å². The van der Waals surface area contributed by atoms with Gasteiger partial charge >= 0.3 is 0 Å². The van der Waals surface area contributed by atoms with Crippen LogP contribution < -0.4 is 5.32 Å². The van der Waals surface area contributed by atoms with Gasteiger partial charge in [-0.25, -0.2) is 0 Å². The highest BCUT2D eigenvalue weighted by Gasteiger charge is 2.31. The van der Waals surface area contributed by atoms with Crippen LogP contribution in [0.5, 0.6) is 0 Å². The van der Waals surface area contributed by atoms with E-state index in [1.54, 1.807) is 0 Å². The van der Waals surface area contributed by atoms with Gasteiger partial charge in [-0.1, -0.05) is 12.1 Å². The molecule has 2 nitrogen and oxygen atoms in total. The summed E-state index contributed by atoms with van der Waals surface area (Å²) in [6.07, 6.45) is 4.54. The van der Waals surface area contributed by atoms with E-state index >= 15 is 0 Å². The molecule has 21 heavy (non-hydrogen) atoms. The van der Waals surface area contributed by atoms with E-state index in [2.05, 4.69) is 51.4 Å². The highest BCUT2D eigenvalue weighted by Crippen LogP contribution is 2.34. The molecule has 0 amide bonds. The van der Waals surface area contributed by atoms with Crippen LogP contribution in [0.4, 0.5) is 0 Å². The molecule has 0 aromatic heterocycles. The first kappa shape index (κ1) is 16.9. The summed E-state index contributed by atoms with van der Waals surface area (Å²) in [7, 11) is 0. The van der Waals surface area contributed by atoms with E-state index in [1.165, 1.54) is 22.3 Å². The van der Waals surface area contributed by atoms with Crippen LogP contribution in [0.1, 0.15) is 48.1 Å². The molecule has 1 aliphatic rings. The summed E-state index contributed by atoms with van der Waals surface area (Å²) >= 11 is 2.00. The van der Waals surface area contributed by atoms with Crippen molar-refractivity contribution in [1.82, 2.24) is 5.32 Å². The van der Waals surface area contributed by atoms with E-state index in [1.807, 2.05) is 11.8 Å². The van der Waals surface area contributed by atoms with E-state index < -0.39 is 0 Å². The van der Waals surface area contributed by atoms with Gasteiger partial charge in [0, 0.05) is 30.5 Å². The molecule has 1 heterocycles. The maximum atomic E-state index is 5.52. The van der Waals surface area contributed by atoms with Crippen molar-refractivity contribution in [1.29, 1.82) is 0 Å². The fraction of sp³-hybridized carbons (Fsp3) is 0.667. The van der Waals surface area contributed by atoms with Gasteiger partial charge in [-0.05, 0) is 69.0 Å². The maximum absolute atomic E-state index is 5.52. The van der Waals surface area contributed by atoms with E-state index in [9.17, 15) is 0 Å². The summed E-state index contributed by atoms with van der Waals surface area (Å²) in [5, 5.41) is 3.77. The molecule has 1 saturated heterocycles. The lowest BCUT2D eigenvalue weighted by Crippen LogP contribution is -2.43. The Kier molecular flexibility index (Phi) is 5.75. The molecule has 3 heteroatoms. The lowest BCUT2D eigenvalue weighted by Gasteiger charge is -2.37. The largest absolute Gasteiger partial charge is 0.381 e. The van der Waals surface area contributed by atoms with Crippen LogP contribution in [-0.4, -0.2) is 30.8 Å². The summed E-state index contributed by atoms with van der Waals surface area (Å²) < 4.78 is 5.87. The normalized spacial score (nSPS) is 19.5. The minimum absolute atomic E-state index is 0.347. The number of rotatable bonds is 5. The van der Waals surface area contributed by atoms with Crippen molar-refractivity contribution >= 4 is 11.8 Å². The van der Waals surface area contributed by atoms with Crippen LogP contribution in [0.25, 0.3) is 0 Å². The van der Waals surface area contributed by atoms with E-state index in [0.29, 0.717) is 10.8 Å². The van der Waals surface area contributed by atoms with Gasteiger partial charge in [-0.15, -0.1) is 0 Å². The zero-order valence-corrected chi connectivity index (χ0v) is 14.9. The molecule has 1 aliphatic heterocycles. The van der Waals surface area contributed by atoms with Crippen LogP contribution in [0, 0.1) is 20.8 Å². The standard InChI is InChI=1S/C18H29NOS/c1-13-10-15(3)17(11-14(13)2)16(4)19-12-18(21-5)6-8-20-9-7-18/h10-11,16,19H,6-9,12H2,1-5H3. The minimum atomic E-state index is 0.347. The smallest absolute Gasteiger partial charge is 0.0479 e. The van der Waals surface area contributed by atoms with Crippen LogP contribution in [-0.2, 0) is 4.74 Å². The number of ether oxygens (including phenoxy) is 1. The van der Waals surface area contributed by atoms with E-state index in [0.717, 1.165) is 32.6 Å². The molecule has 1 aromatic carbocycles. The zero-order chi connectivity index (χ0) is 15.5. The Morgan fingerprint density at radius 3 is 2.38 bits per heavy atom. The lowest BCUT2D eigenvalue weighted by atomic mass is 9.95. The summed E-state index contributed by atoms with van der Waals surface area (Å²) in [6, 6.07) is 5.05. The molecular weight excluding hydrogens is 278 g/mol. The van der Waals surface area contributed by atoms with Gasteiger partial charge in [0.2, 0.25) is 0 Å². The Morgan fingerprint density at radius 1 is 1.14 bits per heavy atom. The Labute approximate surface area is 134 Å². The van der Waals surface area contributed by atoms with Crippen molar-refractivity contribution in [2.45, 2.75) is 51.3 Å². The first-order valence-electron chi connectivity index (χ1n) is 7.91. The molecule has 0 spiro atoms. The quantitative estimate of drug-likeness (QED) is 0.882. The first-order chi connectivity index (χ1) is 9.97. The molecule has 1 N–H and O–H groups in total. The topological polar surface area (TPSA) is 21.3 Å². The monoisotopic (exact) mass is 307 g/mol. The number of hydrogen-bond acceptors (Lipinski definition) is 3. The third kappa shape index (κ3) is 4.02. The second-order valence-corrected chi connectivity index (χ2v) is 7.67. The van der Waals surface area contributed by atoms with E-state index in [4.69, 9.17) is 4.74 Å². The zero-order valence-electron chi connectivity index (χ0n) is 14.1. The molecule has 2 rings (SSSR count). The molecule has 1 unspecified atom stereocenters. The number of thioether (sulfide) groups is 1. The van der Waals surface area contributed by atoms with Crippen molar-refractivity contribution in [3.05, 3.63) is 34.4 Å². The lowest BCUT2D eigenvalue weighted by molar-refractivity contribution is 0.0766. The number of benzene rings is 1. The number of aryl methyl sites for hydroxylation is 3. The molecular formula is C18H29NOS. The maximum Gasteiger partial charge on any atom is 0.0479 e. The molecule has 0 aliphatic carbocycles. The second kappa shape index (κ2) is 7.17. The summed E-state index contributed by atoms with van der Waals surface area (Å²) in [4.78, 5) is 0. The molecule has 1 aromatic rings. The fourth-order valence-electron chi connectivity index (χ4n) is 3.09. The number of hydrogen-bond donors (Lipinski definition) is 1. The molecule has 1 atom stereocenters. The van der Waals surface area contributed by atoms with Crippen molar-refractivity contribution in [3.8, 4) is 0 Å². The fourth-order valence-corrected chi connectivity index (χ4v) is 3.90. The molecule has 0 saturated carbocycles. The number of nitrogens with one attached hydrogen (secondary N) is 1. The van der Waals surface area contributed by atoms with Crippen molar-refractivity contribution in [2.24, 2.45) is 0 Å². The van der Waals surface area contributed by atoms with Crippen LogP contribution in [0.3, 0.4) is 0 Å². The van der Waals surface area contributed by atoms with Gasteiger partial charge in [0.15, 0.2) is 0 Å². The predicted molar refractivity (Wildman–Crippen MR) is 93.4 cm³/mol. The molecule has 0 bridgehead atoms. The van der Waals surface area contributed by atoms with Gasteiger partial charge < -0.3 is 10.1 Å². The van der Waals surface area contributed by atoms with Gasteiger partial charge in [-0.3, -0.25) is 0 Å². The highest BCUT2D eigenvalue weighted by atomic mass is 32.2. The molecule has 0 radical (unpaired) electrons.